The monoisotopic (exact) mass is 360 g/mol. The number of carboxylic acids is 1. The lowest BCUT2D eigenvalue weighted by Gasteiger charge is -2.07. The summed E-state index contributed by atoms with van der Waals surface area (Å²) in [6.45, 7) is 4.19. The fourth-order valence-electron chi connectivity index (χ4n) is 2.20. The highest BCUT2D eigenvalue weighted by Gasteiger charge is 2.01. The van der Waals surface area contributed by atoms with E-state index < -0.39 is 5.97 Å². The van der Waals surface area contributed by atoms with Gasteiger partial charge in [-0.2, -0.15) is 0 Å². The SMILES string of the molecule is NCCCOCCCCOCCCNC(=O)CCCCCCC(=O)O. The van der Waals surface area contributed by atoms with E-state index in [1.54, 1.807) is 0 Å². The van der Waals surface area contributed by atoms with Crippen LogP contribution < -0.4 is 11.1 Å². The van der Waals surface area contributed by atoms with Crippen LogP contribution in [0.2, 0.25) is 0 Å². The zero-order chi connectivity index (χ0) is 18.6. The average Bonchev–Trinajstić information content (AvgIpc) is 2.58. The Labute approximate surface area is 151 Å². The smallest absolute Gasteiger partial charge is 0.303 e. The van der Waals surface area contributed by atoms with Crippen molar-refractivity contribution in [2.45, 2.75) is 64.2 Å². The molecule has 0 bridgehead atoms. The van der Waals surface area contributed by atoms with Crippen molar-refractivity contribution >= 4 is 11.9 Å². The summed E-state index contributed by atoms with van der Waals surface area (Å²) in [6.07, 6.45) is 7.70. The highest BCUT2D eigenvalue weighted by Crippen LogP contribution is 2.05. The van der Waals surface area contributed by atoms with Gasteiger partial charge in [0.2, 0.25) is 5.91 Å². The molecule has 0 aliphatic heterocycles. The molecule has 148 valence electrons. The van der Waals surface area contributed by atoms with Gasteiger partial charge in [0.05, 0.1) is 0 Å². The molecule has 1 amide bonds. The summed E-state index contributed by atoms with van der Waals surface area (Å²) in [5.41, 5.74) is 5.37. The largest absolute Gasteiger partial charge is 0.481 e. The van der Waals surface area contributed by atoms with E-state index in [0.29, 0.717) is 32.5 Å². The Kier molecular flexibility index (Phi) is 18.2. The number of amides is 1. The number of carboxylic acid groups (broad SMARTS) is 1. The highest BCUT2D eigenvalue weighted by atomic mass is 16.5. The van der Waals surface area contributed by atoms with E-state index in [-0.39, 0.29) is 12.3 Å². The van der Waals surface area contributed by atoms with Gasteiger partial charge in [-0.3, -0.25) is 9.59 Å². The van der Waals surface area contributed by atoms with Crippen LogP contribution in [0.1, 0.15) is 64.2 Å². The molecule has 0 rings (SSSR count). The number of hydrogen-bond donors (Lipinski definition) is 3. The van der Waals surface area contributed by atoms with Crippen molar-refractivity contribution in [1.29, 1.82) is 0 Å². The van der Waals surface area contributed by atoms with E-state index in [1.807, 2.05) is 0 Å². The standard InChI is InChI=1S/C18H36N2O5/c19-11-7-15-24-13-5-6-14-25-16-8-12-20-17(21)9-3-1-2-4-10-18(22)23/h1-16,19H2,(H,20,21)(H,22,23). The lowest BCUT2D eigenvalue weighted by molar-refractivity contribution is -0.137. The van der Waals surface area contributed by atoms with Gasteiger partial charge in [0, 0.05) is 45.8 Å². The average molecular weight is 360 g/mol. The predicted octanol–water partition coefficient (Wildman–Crippen LogP) is 2.08. The van der Waals surface area contributed by atoms with Gasteiger partial charge in [-0.25, -0.2) is 0 Å². The summed E-state index contributed by atoms with van der Waals surface area (Å²) in [5.74, 6) is -0.691. The Bertz CT molecular complexity index is 327. The number of ether oxygens (including phenoxy) is 2. The zero-order valence-corrected chi connectivity index (χ0v) is 15.5. The van der Waals surface area contributed by atoms with Crippen molar-refractivity contribution in [2.24, 2.45) is 5.73 Å². The molecule has 7 nitrogen and oxygen atoms in total. The maximum absolute atomic E-state index is 11.6. The highest BCUT2D eigenvalue weighted by molar-refractivity contribution is 5.75. The van der Waals surface area contributed by atoms with Crippen molar-refractivity contribution in [1.82, 2.24) is 5.32 Å². The van der Waals surface area contributed by atoms with Crippen molar-refractivity contribution in [3.8, 4) is 0 Å². The third-order valence-corrected chi connectivity index (χ3v) is 3.65. The second kappa shape index (κ2) is 19.1. The van der Waals surface area contributed by atoms with E-state index in [0.717, 1.165) is 64.8 Å². The molecular formula is C18H36N2O5. The van der Waals surface area contributed by atoms with Gasteiger partial charge in [0.25, 0.3) is 0 Å². The molecule has 25 heavy (non-hydrogen) atoms. The molecule has 0 spiro atoms. The van der Waals surface area contributed by atoms with Crippen LogP contribution in [0.5, 0.6) is 0 Å². The van der Waals surface area contributed by atoms with Crippen LogP contribution >= 0.6 is 0 Å². The van der Waals surface area contributed by atoms with Crippen LogP contribution in [0.25, 0.3) is 0 Å². The van der Waals surface area contributed by atoms with Gasteiger partial charge in [0.1, 0.15) is 0 Å². The zero-order valence-electron chi connectivity index (χ0n) is 15.5. The van der Waals surface area contributed by atoms with E-state index in [2.05, 4.69) is 5.32 Å². The van der Waals surface area contributed by atoms with Crippen LogP contribution in [0.3, 0.4) is 0 Å². The molecule has 0 saturated heterocycles. The van der Waals surface area contributed by atoms with Crippen LogP contribution in [0.4, 0.5) is 0 Å². The molecule has 0 aliphatic carbocycles. The molecule has 0 heterocycles. The van der Waals surface area contributed by atoms with Gasteiger partial charge >= 0.3 is 5.97 Å². The number of nitrogens with two attached hydrogens (primary N) is 1. The minimum atomic E-state index is -0.754. The maximum Gasteiger partial charge on any atom is 0.303 e. The Morgan fingerprint density at radius 3 is 1.92 bits per heavy atom. The first-order valence-electron chi connectivity index (χ1n) is 9.51. The number of unbranched alkanes of at least 4 members (excludes halogenated alkanes) is 4. The van der Waals surface area contributed by atoms with Gasteiger partial charge in [-0.1, -0.05) is 12.8 Å². The number of carbonyl (C=O) groups excluding carboxylic acids is 1. The van der Waals surface area contributed by atoms with Gasteiger partial charge in [0.15, 0.2) is 0 Å². The van der Waals surface area contributed by atoms with E-state index in [4.69, 9.17) is 20.3 Å². The fourth-order valence-corrected chi connectivity index (χ4v) is 2.20. The third kappa shape index (κ3) is 20.8. The maximum atomic E-state index is 11.6. The van der Waals surface area contributed by atoms with Crippen molar-refractivity contribution in [2.75, 3.05) is 39.5 Å². The number of nitrogens with one attached hydrogen (secondary N) is 1. The third-order valence-electron chi connectivity index (χ3n) is 3.65. The van der Waals surface area contributed by atoms with E-state index in [9.17, 15) is 9.59 Å². The number of carbonyl (C=O) groups is 2. The summed E-state index contributed by atoms with van der Waals surface area (Å²) in [6, 6.07) is 0. The van der Waals surface area contributed by atoms with Gasteiger partial charge in [-0.15, -0.1) is 0 Å². The normalized spacial score (nSPS) is 10.8. The lowest BCUT2D eigenvalue weighted by atomic mass is 10.1. The first-order valence-corrected chi connectivity index (χ1v) is 9.51. The van der Waals surface area contributed by atoms with E-state index in [1.165, 1.54) is 0 Å². The summed E-state index contributed by atoms with van der Waals surface area (Å²) in [4.78, 5) is 21.9. The first-order chi connectivity index (χ1) is 12.2. The summed E-state index contributed by atoms with van der Waals surface area (Å²) >= 11 is 0. The second-order valence-electron chi connectivity index (χ2n) is 6.09. The molecule has 0 unspecified atom stereocenters. The Morgan fingerprint density at radius 2 is 1.32 bits per heavy atom. The van der Waals surface area contributed by atoms with Crippen LogP contribution in [0, 0.1) is 0 Å². The lowest BCUT2D eigenvalue weighted by Crippen LogP contribution is -2.24. The summed E-state index contributed by atoms with van der Waals surface area (Å²) in [7, 11) is 0. The summed E-state index contributed by atoms with van der Waals surface area (Å²) < 4.78 is 10.9. The second-order valence-corrected chi connectivity index (χ2v) is 6.09. The fraction of sp³-hybridized carbons (Fsp3) is 0.889. The summed E-state index contributed by atoms with van der Waals surface area (Å²) in [5, 5.41) is 11.4. The molecule has 0 atom stereocenters. The van der Waals surface area contributed by atoms with E-state index >= 15 is 0 Å². The molecular weight excluding hydrogens is 324 g/mol. The molecule has 0 aromatic rings. The predicted molar refractivity (Wildman–Crippen MR) is 97.5 cm³/mol. The molecule has 0 aliphatic rings. The minimum Gasteiger partial charge on any atom is -0.481 e. The molecule has 7 heteroatoms. The molecule has 0 fully saturated rings. The quantitative estimate of drug-likeness (QED) is 0.304. The Morgan fingerprint density at radius 1 is 0.760 bits per heavy atom. The Hall–Kier alpha value is -1.18. The number of hydrogen-bond acceptors (Lipinski definition) is 5. The van der Waals surface area contributed by atoms with Crippen molar-refractivity contribution < 1.29 is 24.2 Å². The van der Waals surface area contributed by atoms with Gasteiger partial charge < -0.3 is 25.6 Å². The number of rotatable bonds is 19. The van der Waals surface area contributed by atoms with Crippen molar-refractivity contribution in [3.05, 3.63) is 0 Å². The van der Waals surface area contributed by atoms with Gasteiger partial charge in [-0.05, 0) is 45.1 Å². The minimum absolute atomic E-state index is 0.0628. The van der Waals surface area contributed by atoms with Crippen LogP contribution in [-0.4, -0.2) is 56.5 Å². The molecule has 0 radical (unpaired) electrons. The molecule has 0 aromatic carbocycles. The van der Waals surface area contributed by atoms with Crippen LogP contribution in [0.15, 0.2) is 0 Å². The molecule has 4 N–H and O–H groups in total. The Balaban J connectivity index is 3.16. The number of aliphatic carboxylic acids is 1. The van der Waals surface area contributed by atoms with Crippen molar-refractivity contribution in [3.63, 3.8) is 0 Å². The molecule has 0 aromatic heterocycles. The molecule has 0 saturated carbocycles. The topological polar surface area (TPSA) is 111 Å². The first kappa shape index (κ1) is 23.8. The van der Waals surface area contributed by atoms with Crippen LogP contribution in [-0.2, 0) is 19.1 Å².